The van der Waals surface area contributed by atoms with E-state index in [0.29, 0.717) is 12.1 Å². The van der Waals surface area contributed by atoms with Crippen molar-refractivity contribution in [1.29, 1.82) is 0 Å². The molecule has 0 spiro atoms. The third-order valence-electron chi connectivity index (χ3n) is 1.10. The van der Waals surface area contributed by atoms with Crippen LogP contribution in [-0.2, 0) is 6.18 Å². The number of rotatable bonds is 0. The van der Waals surface area contributed by atoms with E-state index in [4.69, 9.17) is 0 Å². The molecule has 0 N–H and O–H groups in total. The van der Waals surface area contributed by atoms with Gasteiger partial charge in [-0.25, -0.2) is 4.39 Å². The molecule has 0 saturated heterocycles. The summed E-state index contributed by atoms with van der Waals surface area (Å²) in [7, 11) is 0. The first kappa shape index (κ1) is 12.6. The van der Waals surface area contributed by atoms with Crippen molar-refractivity contribution in [1.82, 2.24) is 0 Å². The van der Waals surface area contributed by atoms with E-state index >= 15 is 0 Å². The molecule has 0 amide bonds. The summed E-state index contributed by atoms with van der Waals surface area (Å²) >= 11 is 0. The zero-order valence-electron chi connectivity index (χ0n) is 6.24. The van der Waals surface area contributed by atoms with E-state index in [1.807, 2.05) is 6.07 Å². The maximum atomic E-state index is 12.1. The molecule has 0 saturated carbocycles. The van der Waals surface area contributed by atoms with Crippen molar-refractivity contribution in [3.63, 3.8) is 0 Å². The van der Waals surface area contributed by atoms with Crippen molar-refractivity contribution < 1.29 is 68.9 Å². The van der Waals surface area contributed by atoms with Crippen molar-refractivity contribution in [3.05, 3.63) is 35.6 Å². The number of hydrogen-bond acceptors (Lipinski definition) is 0. The molecule has 0 aliphatic rings. The fourth-order valence-corrected chi connectivity index (χ4v) is 0.582. The second-order valence-corrected chi connectivity index (χ2v) is 1.92. The van der Waals surface area contributed by atoms with E-state index < -0.39 is 17.6 Å². The topological polar surface area (TPSA) is 0 Å². The first-order chi connectivity index (χ1) is 5.00. The van der Waals surface area contributed by atoms with E-state index in [1.165, 1.54) is 0 Å². The third kappa shape index (κ3) is 3.53. The van der Waals surface area contributed by atoms with Gasteiger partial charge in [0, 0.05) is 5.82 Å². The van der Waals surface area contributed by atoms with Gasteiger partial charge in [0.05, 0.1) is 0 Å². The maximum Gasteiger partial charge on any atom is 1.00 e. The monoisotopic (exact) mass is 202 g/mol. The quantitative estimate of drug-likeness (QED) is 0.306. The van der Waals surface area contributed by atoms with Crippen LogP contribution in [0.5, 0.6) is 0 Å². The Labute approximate surface area is 109 Å². The van der Waals surface area contributed by atoms with Crippen LogP contribution in [0.15, 0.2) is 18.2 Å². The van der Waals surface area contributed by atoms with Gasteiger partial charge in [-0.05, 0) is 0 Å². The Kier molecular flexibility index (Phi) is 4.94. The second-order valence-electron chi connectivity index (χ2n) is 1.92. The smallest absolute Gasteiger partial charge is 0.236 e. The molecule has 0 unspecified atom stereocenters. The van der Waals surface area contributed by atoms with Crippen LogP contribution in [0.25, 0.3) is 0 Å². The van der Waals surface area contributed by atoms with E-state index in [-0.39, 0.29) is 51.4 Å². The Balaban J connectivity index is 0.00000121. The molecular formula is C7H3F4K. The molecule has 1 rings (SSSR count). The van der Waals surface area contributed by atoms with E-state index in [1.54, 1.807) is 0 Å². The summed E-state index contributed by atoms with van der Waals surface area (Å²) in [5, 5.41) is 0. The first-order valence-corrected chi connectivity index (χ1v) is 2.74. The minimum Gasteiger partial charge on any atom is -0.236 e. The van der Waals surface area contributed by atoms with Crippen LogP contribution in [0.3, 0.4) is 0 Å². The molecule has 12 heavy (non-hydrogen) atoms. The molecule has 0 aromatic heterocycles. The minimum absolute atomic E-state index is 0. The van der Waals surface area contributed by atoms with E-state index in [0.717, 1.165) is 6.07 Å². The van der Waals surface area contributed by atoms with Crippen molar-refractivity contribution >= 4 is 0 Å². The van der Waals surface area contributed by atoms with Gasteiger partial charge >= 0.3 is 57.6 Å². The van der Waals surface area contributed by atoms with Gasteiger partial charge in [0.2, 0.25) is 0 Å². The summed E-state index contributed by atoms with van der Waals surface area (Å²) in [5.74, 6) is -0.794. The molecular weight excluding hydrogens is 199 g/mol. The summed E-state index contributed by atoms with van der Waals surface area (Å²) in [4.78, 5) is 0. The molecule has 0 aliphatic carbocycles. The second kappa shape index (κ2) is 4.71. The Morgan fingerprint density at radius 3 is 2.08 bits per heavy atom. The minimum atomic E-state index is -4.41. The number of benzene rings is 1. The van der Waals surface area contributed by atoms with Crippen LogP contribution in [0.2, 0.25) is 0 Å². The predicted octanol–water partition coefficient (Wildman–Crippen LogP) is -0.351. The van der Waals surface area contributed by atoms with Crippen LogP contribution in [0.4, 0.5) is 17.6 Å². The molecule has 0 atom stereocenters. The Hall–Kier alpha value is 0.576. The van der Waals surface area contributed by atoms with E-state index in [2.05, 4.69) is 0 Å². The van der Waals surface area contributed by atoms with Crippen molar-refractivity contribution in [2.24, 2.45) is 0 Å². The predicted molar refractivity (Wildman–Crippen MR) is 30.2 cm³/mol. The summed E-state index contributed by atoms with van der Waals surface area (Å²) in [5.41, 5.74) is -0.890. The standard InChI is InChI=1S/C7H3F4.K/c8-6-3-1-5(2-4-6)7(9,10)11;/h1-3H;/q-1;+1. The molecule has 0 aliphatic heterocycles. The molecule has 0 nitrogen and oxygen atoms in total. The van der Waals surface area contributed by atoms with Crippen molar-refractivity contribution in [2.75, 3.05) is 0 Å². The van der Waals surface area contributed by atoms with E-state index in [9.17, 15) is 17.6 Å². The van der Waals surface area contributed by atoms with Gasteiger partial charge in [-0.2, -0.15) is 25.3 Å². The van der Waals surface area contributed by atoms with Crippen molar-refractivity contribution in [3.8, 4) is 0 Å². The van der Waals surface area contributed by atoms with Gasteiger partial charge in [0.15, 0.2) is 0 Å². The van der Waals surface area contributed by atoms with Gasteiger partial charge in [-0.1, -0.05) is 5.56 Å². The van der Waals surface area contributed by atoms with Crippen LogP contribution < -0.4 is 51.4 Å². The van der Waals surface area contributed by atoms with Gasteiger partial charge < -0.3 is 0 Å². The molecule has 1 aromatic carbocycles. The summed E-state index contributed by atoms with van der Waals surface area (Å²) in [6.07, 6.45) is -4.41. The molecule has 60 valence electrons. The average molecular weight is 202 g/mol. The SMILES string of the molecule is Fc1[c-]cc(C(F)(F)F)cc1.[K+]. The van der Waals surface area contributed by atoms with Crippen molar-refractivity contribution in [2.45, 2.75) is 6.18 Å². The zero-order valence-corrected chi connectivity index (χ0v) is 9.37. The normalized spacial score (nSPS) is 10.7. The molecule has 0 heterocycles. The largest absolute Gasteiger partial charge is 1.00 e. The van der Waals surface area contributed by atoms with Crippen LogP contribution >= 0.6 is 0 Å². The van der Waals surface area contributed by atoms with Gasteiger partial charge in [0.25, 0.3) is 0 Å². The summed E-state index contributed by atoms with van der Waals surface area (Å²) < 4.78 is 47.4. The number of alkyl halides is 3. The Morgan fingerprint density at radius 1 is 1.17 bits per heavy atom. The average Bonchev–Trinajstić information content (AvgIpc) is 1.86. The molecule has 0 radical (unpaired) electrons. The van der Waals surface area contributed by atoms with Gasteiger partial charge in [-0.3, -0.25) is 0 Å². The summed E-state index contributed by atoms with van der Waals surface area (Å²) in [6, 6.07) is 3.80. The van der Waals surface area contributed by atoms with Gasteiger partial charge in [-0.15, -0.1) is 12.1 Å². The molecule has 0 bridgehead atoms. The Bertz CT molecular complexity index is 239. The summed E-state index contributed by atoms with van der Waals surface area (Å²) in [6.45, 7) is 0. The third-order valence-corrected chi connectivity index (χ3v) is 1.10. The number of halogens is 4. The van der Waals surface area contributed by atoms with Gasteiger partial charge in [0.1, 0.15) is 0 Å². The first-order valence-electron chi connectivity index (χ1n) is 2.74. The molecule has 0 fully saturated rings. The van der Waals surface area contributed by atoms with Crippen LogP contribution in [-0.4, -0.2) is 0 Å². The molecule has 1 aromatic rings. The fraction of sp³-hybridized carbons (Fsp3) is 0.143. The Morgan fingerprint density at radius 2 is 1.75 bits per heavy atom. The van der Waals surface area contributed by atoms with Crippen LogP contribution in [0, 0.1) is 11.9 Å². The van der Waals surface area contributed by atoms with Crippen LogP contribution in [0.1, 0.15) is 5.56 Å². The fourth-order valence-electron chi connectivity index (χ4n) is 0.582. The number of hydrogen-bond donors (Lipinski definition) is 0. The zero-order chi connectivity index (χ0) is 8.48. The molecule has 5 heteroatoms. The maximum absolute atomic E-state index is 12.1.